The van der Waals surface area contributed by atoms with E-state index >= 15 is 0 Å². The fourth-order valence-electron chi connectivity index (χ4n) is 2.18. The lowest BCUT2D eigenvalue weighted by Gasteiger charge is -2.28. The first-order chi connectivity index (χ1) is 9.97. The maximum Gasteiger partial charge on any atom is 0.329 e. The molecule has 0 aromatic heterocycles. The minimum atomic E-state index is -1.16. The van der Waals surface area contributed by atoms with Crippen molar-refractivity contribution in [2.75, 3.05) is 39.9 Å². The summed E-state index contributed by atoms with van der Waals surface area (Å²) in [6, 6.07) is -0.577. The van der Waals surface area contributed by atoms with Gasteiger partial charge in [-0.15, -0.1) is 0 Å². The number of piperidine rings is 1. The molecule has 1 rings (SSSR count). The van der Waals surface area contributed by atoms with E-state index in [9.17, 15) is 14.4 Å². The predicted molar refractivity (Wildman–Crippen MR) is 74.8 cm³/mol. The molecule has 0 aliphatic carbocycles. The molecule has 0 aromatic rings. The summed E-state index contributed by atoms with van der Waals surface area (Å²) in [7, 11) is 2.10. The van der Waals surface area contributed by atoms with Gasteiger partial charge in [-0.25, -0.2) is 9.59 Å². The van der Waals surface area contributed by atoms with Gasteiger partial charge in [0.15, 0.2) is 0 Å². The number of hydrogen-bond acceptors (Lipinski definition) is 5. The lowest BCUT2D eigenvalue weighted by atomic mass is 9.94. The van der Waals surface area contributed by atoms with Crippen LogP contribution in [0.3, 0.4) is 0 Å². The first kappa shape index (κ1) is 17.4. The molecule has 0 aromatic carbocycles. The van der Waals surface area contributed by atoms with Gasteiger partial charge in [0.05, 0.1) is 0 Å². The van der Waals surface area contributed by atoms with Gasteiger partial charge >= 0.3 is 12.0 Å². The second-order valence-corrected chi connectivity index (χ2v) is 5.23. The van der Waals surface area contributed by atoms with Crippen LogP contribution in [0.2, 0.25) is 0 Å². The standard InChI is InChI=1S/C13H23N3O5/c1-16-6-3-10(4-7-16)2-5-14-13(20)15-11(17)8-21-9-12(18)19/h10H,2-9H2,1H3,(H,18,19)(H2,14,15,17,20). The molecule has 1 aliphatic heterocycles. The summed E-state index contributed by atoms with van der Waals surface area (Å²) in [6.07, 6.45) is 3.15. The molecule has 0 unspecified atom stereocenters. The number of imide groups is 1. The summed E-state index contributed by atoms with van der Waals surface area (Å²) in [5, 5.41) is 13.0. The molecule has 1 fully saturated rings. The number of hydrogen-bond donors (Lipinski definition) is 3. The first-order valence-corrected chi connectivity index (χ1v) is 7.03. The van der Waals surface area contributed by atoms with E-state index in [1.165, 1.54) is 0 Å². The molecular weight excluding hydrogens is 278 g/mol. The number of carboxylic acids is 1. The molecule has 0 atom stereocenters. The second kappa shape index (κ2) is 9.30. The fourth-order valence-corrected chi connectivity index (χ4v) is 2.18. The van der Waals surface area contributed by atoms with E-state index in [0.717, 1.165) is 32.4 Å². The normalized spacial score (nSPS) is 16.4. The number of amides is 3. The Balaban J connectivity index is 2.05. The number of carbonyl (C=O) groups excluding carboxylic acids is 2. The van der Waals surface area contributed by atoms with E-state index in [2.05, 4.69) is 27.3 Å². The number of ether oxygens (including phenoxy) is 1. The van der Waals surface area contributed by atoms with Crippen LogP contribution in [0.4, 0.5) is 4.79 Å². The topological polar surface area (TPSA) is 108 Å². The van der Waals surface area contributed by atoms with E-state index in [0.29, 0.717) is 12.5 Å². The second-order valence-electron chi connectivity index (χ2n) is 5.23. The Labute approximate surface area is 123 Å². The molecule has 0 saturated carbocycles. The molecule has 1 aliphatic rings. The van der Waals surface area contributed by atoms with Gasteiger partial charge in [-0.1, -0.05) is 0 Å². The summed E-state index contributed by atoms with van der Waals surface area (Å²) in [4.78, 5) is 35.1. The van der Waals surface area contributed by atoms with E-state index in [1.807, 2.05) is 0 Å². The van der Waals surface area contributed by atoms with Crippen LogP contribution in [0.15, 0.2) is 0 Å². The number of rotatable bonds is 7. The monoisotopic (exact) mass is 301 g/mol. The van der Waals surface area contributed by atoms with Crippen molar-refractivity contribution in [1.29, 1.82) is 0 Å². The lowest BCUT2D eigenvalue weighted by molar-refractivity contribution is -0.143. The van der Waals surface area contributed by atoms with E-state index in [4.69, 9.17) is 5.11 Å². The third kappa shape index (κ3) is 8.26. The Hall–Kier alpha value is -1.67. The van der Waals surface area contributed by atoms with Crippen LogP contribution in [-0.2, 0) is 14.3 Å². The zero-order valence-corrected chi connectivity index (χ0v) is 12.3. The Morgan fingerprint density at radius 3 is 2.52 bits per heavy atom. The third-order valence-corrected chi connectivity index (χ3v) is 3.39. The molecule has 21 heavy (non-hydrogen) atoms. The highest BCUT2D eigenvalue weighted by Gasteiger charge is 2.16. The molecule has 8 heteroatoms. The predicted octanol–water partition coefficient (Wildman–Crippen LogP) is -0.355. The van der Waals surface area contributed by atoms with Crippen LogP contribution in [0, 0.1) is 5.92 Å². The molecule has 3 amide bonds. The Bertz CT molecular complexity index is 367. The summed E-state index contributed by atoms with van der Waals surface area (Å²) < 4.78 is 4.57. The zero-order chi connectivity index (χ0) is 15.7. The largest absolute Gasteiger partial charge is 0.480 e. The highest BCUT2D eigenvalue weighted by Crippen LogP contribution is 2.18. The van der Waals surface area contributed by atoms with Crippen molar-refractivity contribution < 1.29 is 24.2 Å². The highest BCUT2D eigenvalue weighted by molar-refractivity contribution is 5.94. The van der Waals surface area contributed by atoms with Gasteiger partial charge in [0.25, 0.3) is 5.91 Å². The maximum atomic E-state index is 11.4. The molecule has 8 nitrogen and oxygen atoms in total. The van der Waals surface area contributed by atoms with Crippen LogP contribution in [-0.4, -0.2) is 67.8 Å². The van der Waals surface area contributed by atoms with E-state index in [-0.39, 0.29) is 0 Å². The summed E-state index contributed by atoms with van der Waals surface area (Å²) in [5.41, 5.74) is 0. The van der Waals surface area contributed by atoms with Gasteiger partial charge in [0.1, 0.15) is 13.2 Å². The molecule has 120 valence electrons. The van der Waals surface area contributed by atoms with Crippen molar-refractivity contribution in [3.63, 3.8) is 0 Å². The van der Waals surface area contributed by atoms with Crippen LogP contribution in [0.5, 0.6) is 0 Å². The first-order valence-electron chi connectivity index (χ1n) is 7.03. The minimum Gasteiger partial charge on any atom is -0.480 e. The molecule has 0 radical (unpaired) electrons. The van der Waals surface area contributed by atoms with Crippen molar-refractivity contribution in [2.45, 2.75) is 19.3 Å². The number of likely N-dealkylation sites (tertiary alicyclic amines) is 1. The summed E-state index contributed by atoms with van der Waals surface area (Å²) in [6.45, 7) is 1.66. The third-order valence-electron chi connectivity index (χ3n) is 3.39. The van der Waals surface area contributed by atoms with Crippen LogP contribution in [0.25, 0.3) is 0 Å². The van der Waals surface area contributed by atoms with E-state index < -0.39 is 31.1 Å². The molecule has 3 N–H and O–H groups in total. The molecular formula is C13H23N3O5. The number of carboxylic acid groups (broad SMARTS) is 1. The molecule has 0 bridgehead atoms. The van der Waals surface area contributed by atoms with Crippen molar-refractivity contribution in [2.24, 2.45) is 5.92 Å². The number of aliphatic carboxylic acids is 1. The van der Waals surface area contributed by atoms with Gasteiger partial charge in [-0.05, 0) is 45.3 Å². The van der Waals surface area contributed by atoms with Crippen LogP contribution in [0.1, 0.15) is 19.3 Å². The van der Waals surface area contributed by atoms with Crippen molar-refractivity contribution in [1.82, 2.24) is 15.5 Å². The summed E-state index contributed by atoms with van der Waals surface area (Å²) in [5.74, 6) is -1.21. The van der Waals surface area contributed by atoms with Crippen molar-refractivity contribution in [3.8, 4) is 0 Å². The zero-order valence-electron chi connectivity index (χ0n) is 12.3. The van der Waals surface area contributed by atoms with Gasteiger partial charge in [0, 0.05) is 6.54 Å². The van der Waals surface area contributed by atoms with Gasteiger partial charge in [0.2, 0.25) is 0 Å². The van der Waals surface area contributed by atoms with Gasteiger partial charge < -0.3 is 20.1 Å². The van der Waals surface area contributed by atoms with Gasteiger partial charge in [-0.2, -0.15) is 0 Å². The Kier molecular flexibility index (Phi) is 7.70. The van der Waals surface area contributed by atoms with Crippen LogP contribution >= 0.6 is 0 Å². The quantitative estimate of drug-likeness (QED) is 0.593. The fraction of sp³-hybridized carbons (Fsp3) is 0.769. The average Bonchev–Trinajstić information content (AvgIpc) is 2.40. The Morgan fingerprint density at radius 1 is 1.24 bits per heavy atom. The smallest absolute Gasteiger partial charge is 0.329 e. The Morgan fingerprint density at radius 2 is 1.90 bits per heavy atom. The van der Waals surface area contributed by atoms with E-state index in [1.54, 1.807) is 0 Å². The number of carbonyl (C=O) groups is 3. The molecule has 1 heterocycles. The molecule has 0 spiro atoms. The van der Waals surface area contributed by atoms with Gasteiger partial charge in [-0.3, -0.25) is 10.1 Å². The SMILES string of the molecule is CN1CCC(CCNC(=O)NC(=O)COCC(=O)O)CC1. The number of nitrogens with one attached hydrogen (secondary N) is 2. The van der Waals surface area contributed by atoms with Crippen molar-refractivity contribution in [3.05, 3.63) is 0 Å². The molecule has 1 saturated heterocycles. The highest BCUT2D eigenvalue weighted by atomic mass is 16.5. The number of urea groups is 1. The maximum absolute atomic E-state index is 11.4. The number of nitrogens with zero attached hydrogens (tertiary/aromatic N) is 1. The summed E-state index contributed by atoms with van der Waals surface area (Å²) >= 11 is 0. The van der Waals surface area contributed by atoms with Crippen molar-refractivity contribution >= 4 is 17.9 Å². The minimum absolute atomic E-state index is 0.450. The lowest BCUT2D eigenvalue weighted by Crippen LogP contribution is -2.42. The van der Waals surface area contributed by atoms with Crippen LogP contribution < -0.4 is 10.6 Å². The average molecular weight is 301 g/mol.